The number of hydrogen-bond acceptors (Lipinski definition) is 4. The second-order valence-electron chi connectivity index (χ2n) is 4.38. The van der Waals surface area contributed by atoms with Gasteiger partial charge in [0.05, 0.1) is 5.71 Å². The number of oxime groups is 1. The first-order valence-corrected chi connectivity index (χ1v) is 6.34. The molecule has 96 valence electrons. The van der Waals surface area contributed by atoms with Crippen molar-refractivity contribution in [2.24, 2.45) is 5.16 Å². The molecule has 0 saturated heterocycles. The molecular formula is C11H21BN2O3. The molecule has 0 aromatic heterocycles. The molecule has 0 fully saturated rings. The Morgan fingerprint density at radius 1 is 1.65 bits per heavy atom. The van der Waals surface area contributed by atoms with Crippen LogP contribution in [0.25, 0.3) is 0 Å². The topological polar surface area (TPSA) is 70.9 Å². The minimum absolute atomic E-state index is 0.0328. The van der Waals surface area contributed by atoms with E-state index in [1.54, 1.807) is 0 Å². The molecule has 0 aromatic carbocycles. The monoisotopic (exact) mass is 240 g/mol. The molecule has 0 saturated carbocycles. The predicted molar refractivity (Wildman–Crippen MR) is 68.0 cm³/mol. The lowest BCUT2D eigenvalue weighted by Gasteiger charge is -2.16. The molecule has 1 unspecified atom stereocenters. The minimum atomic E-state index is -0.512. The van der Waals surface area contributed by atoms with Gasteiger partial charge in [-0.1, -0.05) is 31.8 Å². The highest BCUT2D eigenvalue weighted by molar-refractivity contribution is 6.28. The van der Waals surface area contributed by atoms with Crippen LogP contribution in [0, 0.1) is 0 Å². The summed E-state index contributed by atoms with van der Waals surface area (Å²) in [6, 6.07) is 0. The Morgan fingerprint density at radius 2 is 2.41 bits per heavy atom. The zero-order chi connectivity index (χ0) is 12.7. The van der Waals surface area contributed by atoms with Crippen molar-refractivity contribution < 1.29 is 14.7 Å². The van der Waals surface area contributed by atoms with Crippen molar-refractivity contribution in [3.63, 3.8) is 0 Å². The summed E-state index contributed by atoms with van der Waals surface area (Å²) < 4.78 is 0. The molecule has 6 heteroatoms. The van der Waals surface area contributed by atoms with E-state index in [-0.39, 0.29) is 19.3 Å². The van der Waals surface area contributed by atoms with Gasteiger partial charge in [0.15, 0.2) is 0 Å². The van der Waals surface area contributed by atoms with Crippen LogP contribution >= 0.6 is 0 Å². The van der Waals surface area contributed by atoms with Crippen molar-refractivity contribution in [2.75, 3.05) is 0 Å². The Balaban J connectivity index is 2.35. The van der Waals surface area contributed by atoms with Gasteiger partial charge in [-0.25, -0.2) is 0 Å². The summed E-state index contributed by atoms with van der Waals surface area (Å²) >= 11 is 0. The highest BCUT2D eigenvalue weighted by Crippen LogP contribution is 2.14. The van der Waals surface area contributed by atoms with E-state index in [4.69, 9.17) is 9.86 Å². The lowest BCUT2D eigenvalue weighted by molar-refractivity contribution is -0.131. The van der Waals surface area contributed by atoms with Gasteiger partial charge in [0.2, 0.25) is 6.10 Å². The van der Waals surface area contributed by atoms with Crippen LogP contribution in [-0.4, -0.2) is 36.2 Å². The number of carbonyl (C=O) groups excluding carboxylic acids is 1. The first-order valence-electron chi connectivity index (χ1n) is 6.34. The highest BCUT2D eigenvalue weighted by Gasteiger charge is 2.28. The van der Waals surface area contributed by atoms with Crippen molar-refractivity contribution in [1.29, 1.82) is 0 Å². The summed E-state index contributed by atoms with van der Waals surface area (Å²) in [5.41, 5.74) is 0.948. The average Bonchev–Trinajstić information content (AvgIpc) is 2.77. The summed E-state index contributed by atoms with van der Waals surface area (Å²) in [6.07, 6.45) is 3.65. The third-order valence-electron chi connectivity index (χ3n) is 2.76. The molecule has 2 atom stereocenters. The molecule has 5 nitrogen and oxygen atoms in total. The van der Waals surface area contributed by atoms with Crippen molar-refractivity contribution in [3.05, 3.63) is 0 Å². The fourth-order valence-corrected chi connectivity index (χ4v) is 1.86. The first kappa shape index (κ1) is 14.0. The van der Waals surface area contributed by atoms with Gasteiger partial charge in [-0.3, -0.25) is 4.79 Å². The van der Waals surface area contributed by atoms with Gasteiger partial charge in [0.25, 0.3) is 13.4 Å². The van der Waals surface area contributed by atoms with Crippen LogP contribution in [0.4, 0.5) is 0 Å². The van der Waals surface area contributed by atoms with Crippen LogP contribution in [0.1, 0.15) is 46.0 Å². The Hall–Kier alpha value is -1.04. The molecule has 0 aromatic rings. The number of nitrogens with zero attached hydrogens (tertiary/aromatic N) is 1. The summed E-state index contributed by atoms with van der Waals surface area (Å²) in [6.45, 7) is 4.09. The van der Waals surface area contributed by atoms with Crippen LogP contribution in [0.2, 0.25) is 0 Å². The van der Waals surface area contributed by atoms with Crippen LogP contribution in [0.3, 0.4) is 0 Å². The van der Waals surface area contributed by atoms with E-state index in [0.717, 1.165) is 31.4 Å². The summed E-state index contributed by atoms with van der Waals surface area (Å²) in [4.78, 5) is 16.9. The smallest absolute Gasteiger partial charge is 0.293 e. The second-order valence-corrected chi connectivity index (χ2v) is 4.38. The Kier molecular flexibility index (Phi) is 6.04. The van der Waals surface area contributed by atoms with Gasteiger partial charge in [-0.2, -0.15) is 0 Å². The number of nitrogens with one attached hydrogen (secondary N) is 1. The minimum Gasteiger partial charge on any atom is -0.452 e. The molecular weight excluding hydrogens is 219 g/mol. The number of carbonyl (C=O) groups is 1. The molecule has 1 amide bonds. The number of rotatable bonds is 7. The van der Waals surface area contributed by atoms with Crippen LogP contribution in [-0.2, 0) is 9.63 Å². The molecule has 17 heavy (non-hydrogen) atoms. The van der Waals surface area contributed by atoms with E-state index in [0.29, 0.717) is 6.42 Å². The molecule has 0 spiro atoms. The lowest BCUT2D eigenvalue weighted by atomic mass is 9.84. The maximum Gasteiger partial charge on any atom is 0.293 e. The Bertz CT molecular complexity index is 284. The molecule has 0 bridgehead atoms. The molecule has 1 aliphatic heterocycles. The van der Waals surface area contributed by atoms with Gasteiger partial charge in [-0.15, -0.1) is 0 Å². The van der Waals surface area contributed by atoms with Crippen molar-refractivity contribution in [3.8, 4) is 0 Å². The quantitative estimate of drug-likeness (QED) is 0.637. The highest BCUT2D eigenvalue weighted by atomic mass is 16.6. The fraction of sp³-hybridized carbons (Fsp3) is 0.818. The zero-order valence-electron chi connectivity index (χ0n) is 10.6. The van der Waals surface area contributed by atoms with E-state index in [2.05, 4.69) is 17.4 Å². The lowest BCUT2D eigenvalue weighted by Crippen LogP contribution is -2.44. The SMILES string of the molecule is CCCC1=NOC(C(=O)N[C@H](BO)CCC)C1. The largest absolute Gasteiger partial charge is 0.452 e. The van der Waals surface area contributed by atoms with Crippen LogP contribution in [0.5, 0.6) is 0 Å². The van der Waals surface area contributed by atoms with Gasteiger partial charge < -0.3 is 15.2 Å². The third kappa shape index (κ3) is 4.38. The molecule has 1 rings (SSSR count). The van der Waals surface area contributed by atoms with E-state index in [1.807, 2.05) is 6.92 Å². The normalized spacial score (nSPS) is 20.4. The van der Waals surface area contributed by atoms with Gasteiger partial charge in [0, 0.05) is 12.4 Å². The maximum absolute atomic E-state index is 11.8. The molecule has 0 radical (unpaired) electrons. The van der Waals surface area contributed by atoms with Crippen molar-refractivity contribution in [2.45, 2.75) is 58.0 Å². The van der Waals surface area contributed by atoms with E-state index in [1.165, 1.54) is 0 Å². The van der Waals surface area contributed by atoms with Crippen LogP contribution in [0.15, 0.2) is 5.16 Å². The predicted octanol–water partition coefficient (Wildman–Crippen LogP) is 0.518. The van der Waals surface area contributed by atoms with Crippen LogP contribution < -0.4 is 5.32 Å². The summed E-state index contributed by atoms with van der Waals surface area (Å²) in [5.74, 6) is -0.348. The summed E-state index contributed by atoms with van der Waals surface area (Å²) in [5, 5.41) is 15.8. The van der Waals surface area contributed by atoms with Gasteiger partial charge >= 0.3 is 0 Å². The number of amides is 1. The second kappa shape index (κ2) is 7.32. The van der Waals surface area contributed by atoms with Gasteiger partial charge in [-0.05, 0) is 12.8 Å². The zero-order valence-corrected chi connectivity index (χ0v) is 10.6. The Morgan fingerprint density at radius 3 is 3.00 bits per heavy atom. The average molecular weight is 240 g/mol. The Labute approximate surface area is 103 Å². The molecule has 1 heterocycles. The third-order valence-corrected chi connectivity index (χ3v) is 2.76. The van der Waals surface area contributed by atoms with Gasteiger partial charge in [0.1, 0.15) is 0 Å². The fourth-order valence-electron chi connectivity index (χ4n) is 1.86. The maximum atomic E-state index is 11.8. The van der Waals surface area contributed by atoms with Crippen molar-refractivity contribution in [1.82, 2.24) is 5.32 Å². The number of hydrogen-bond donors (Lipinski definition) is 2. The summed E-state index contributed by atoms with van der Waals surface area (Å²) in [7, 11) is -0.0328. The first-order chi connectivity index (χ1) is 8.21. The van der Waals surface area contributed by atoms with Crippen molar-refractivity contribution >= 4 is 19.1 Å². The molecule has 2 N–H and O–H groups in total. The van der Waals surface area contributed by atoms with E-state index >= 15 is 0 Å². The van der Waals surface area contributed by atoms with E-state index in [9.17, 15) is 4.79 Å². The van der Waals surface area contributed by atoms with E-state index < -0.39 is 6.10 Å². The standard InChI is InChI=1S/C11H21BN2O3/c1-3-5-8-7-9(17-14-8)11(15)13-10(12-16)6-4-2/h9-10,12,16H,3-7H2,1-2H3,(H,13,15)/t9?,10-/m0/s1. The molecule has 0 aliphatic carbocycles. The molecule has 1 aliphatic rings.